The molecule has 2 aromatic rings. The van der Waals surface area contributed by atoms with Crippen molar-refractivity contribution in [1.29, 1.82) is 0 Å². The lowest BCUT2D eigenvalue weighted by molar-refractivity contribution is -0.137. The highest BCUT2D eigenvalue weighted by molar-refractivity contribution is 5.62. The van der Waals surface area contributed by atoms with E-state index in [2.05, 4.69) is 20.7 Å². The maximum absolute atomic E-state index is 13.6. The number of hydrogen-bond acceptors (Lipinski definition) is 5. The Balaban J connectivity index is 2.39. The van der Waals surface area contributed by atoms with Crippen molar-refractivity contribution in [3.05, 3.63) is 41.3 Å². The smallest absolute Gasteiger partial charge is 0.337 e. The minimum absolute atomic E-state index is 0.0662. The highest BCUT2D eigenvalue weighted by Crippen LogP contribution is 2.33. The van der Waals surface area contributed by atoms with Gasteiger partial charge in [-0.25, -0.2) is 15.2 Å². The summed E-state index contributed by atoms with van der Waals surface area (Å²) in [5, 5.41) is 2.51. The zero-order valence-electron chi connectivity index (χ0n) is 10.8. The summed E-state index contributed by atoms with van der Waals surface area (Å²) in [6, 6.07) is 3.11. The SMILES string of the molecule is Cc1ccc(C(F)(F)F)cc1Nc1nc(NN)ncc1F. The molecule has 1 aromatic carbocycles. The van der Waals surface area contributed by atoms with Crippen LogP contribution >= 0.6 is 0 Å². The fourth-order valence-electron chi connectivity index (χ4n) is 1.58. The predicted octanol–water partition coefficient (Wildman–Crippen LogP) is 2.97. The summed E-state index contributed by atoms with van der Waals surface area (Å²) < 4.78 is 51.6. The fraction of sp³-hybridized carbons (Fsp3) is 0.167. The number of halogens is 4. The Morgan fingerprint density at radius 1 is 1.24 bits per heavy atom. The summed E-state index contributed by atoms with van der Waals surface area (Å²) >= 11 is 0. The Morgan fingerprint density at radius 2 is 1.95 bits per heavy atom. The molecule has 9 heteroatoms. The molecule has 2 rings (SSSR count). The maximum Gasteiger partial charge on any atom is 0.416 e. The molecule has 0 fully saturated rings. The highest BCUT2D eigenvalue weighted by atomic mass is 19.4. The molecule has 0 unspecified atom stereocenters. The molecule has 0 atom stereocenters. The van der Waals surface area contributed by atoms with E-state index in [0.717, 1.165) is 18.3 Å². The second-order valence-corrected chi connectivity index (χ2v) is 4.19. The Morgan fingerprint density at radius 3 is 2.57 bits per heavy atom. The first-order valence-corrected chi connectivity index (χ1v) is 5.75. The molecule has 112 valence electrons. The van der Waals surface area contributed by atoms with Crippen LogP contribution in [0.1, 0.15) is 11.1 Å². The lowest BCUT2D eigenvalue weighted by atomic mass is 10.1. The van der Waals surface area contributed by atoms with Crippen molar-refractivity contribution in [2.45, 2.75) is 13.1 Å². The van der Waals surface area contributed by atoms with Crippen molar-refractivity contribution in [2.24, 2.45) is 5.84 Å². The molecule has 0 aliphatic carbocycles. The lowest BCUT2D eigenvalue weighted by Crippen LogP contribution is -2.12. The average molecular weight is 301 g/mol. The van der Waals surface area contributed by atoms with E-state index in [1.807, 2.05) is 0 Å². The number of hydrogen-bond donors (Lipinski definition) is 3. The van der Waals surface area contributed by atoms with Crippen LogP contribution in [0, 0.1) is 12.7 Å². The summed E-state index contributed by atoms with van der Waals surface area (Å²) in [6.45, 7) is 1.59. The minimum Gasteiger partial charge on any atom is -0.337 e. The zero-order valence-corrected chi connectivity index (χ0v) is 10.8. The summed E-state index contributed by atoms with van der Waals surface area (Å²) in [6.07, 6.45) is -3.63. The van der Waals surface area contributed by atoms with Crippen molar-refractivity contribution in [3.8, 4) is 0 Å². The van der Waals surface area contributed by atoms with E-state index in [1.54, 1.807) is 6.92 Å². The van der Waals surface area contributed by atoms with Crippen molar-refractivity contribution >= 4 is 17.5 Å². The number of anilines is 3. The van der Waals surface area contributed by atoms with E-state index in [-0.39, 0.29) is 17.5 Å². The van der Waals surface area contributed by atoms with Crippen molar-refractivity contribution in [2.75, 3.05) is 10.7 Å². The fourth-order valence-corrected chi connectivity index (χ4v) is 1.58. The first kappa shape index (κ1) is 15.0. The van der Waals surface area contributed by atoms with E-state index in [4.69, 9.17) is 5.84 Å². The molecule has 0 amide bonds. The third-order valence-electron chi connectivity index (χ3n) is 2.69. The number of rotatable bonds is 3. The maximum atomic E-state index is 13.6. The number of nitrogens with one attached hydrogen (secondary N) is 2. The first-order chi connectivity index (χ1) is 9.81. The number of hydrazine groups is 1. The van der Waals surface area contributed by atoms with Gasteiger partial charge in [-0.1, -0.05) is 6.07 Å². The number of benzene rings is 1. The van der Waals surface area contributed by atoms with Gasteiger partial charge in [-0.05, 0) is 24.6 Å². The van der Waals surface area contributed by atoms with E-state index < -0.39 is 17.6 Å². The molecule has 0 aliphatic heterocycles. The van der Waals surface area contributed by atoms with Gasteiger partial charge in [-0.3, -0.25) is 5.43 Å². The monoisotopic (exact) mass is 301 g/mol. The van der Waals surface area contributed by atoms with Crippen LogP contribution in [0.4, 0.5) is 35.0 Å². The van der Waals surface area contributed by atoms with Crippen molar-refractivity contribution in [3.63, 3.8) is 0 Å². The third-order valence-corrected chi connectivity index (χ3v) is 2.69. The number of nitrogens with two attached hydrogens (primary N) is 1. The number of nitrogens with zero attached hydrogens (tertiary/aromatic N) is 2. The normalized spacial score (nSPS) is 11.3. The van der Waals surface area contributed by atoms with Crippen LogP contribution in [0.2, 0.25) is 0 Å². The molecule has 0 saturated carbocycles. The van der Waals surface area contributed by atoms with Gasteiger partial charge in [0.25, 0.3) is 0 Å². The topological polar surface area (TPSA) is 75.9 Å². The standard InChI is InChI=1S/C12H11F4N5/c1-6-2-3-7(12(14,15)16)4-9(6)19-10-8(13)5-18-11(20-10)21-17/h2-5H,17H2,1H3,(H2,18,19,20,21). The van der Waals surface area contributed by atoms with Gasteiger partial charge in [0.2, 0.25) is 5.95 Å². The van der Waals surface area contributed by atoms with Gasteiger partial charge in [-0.2, -0.15) is 18.2 Å². The van der Waals surface area contributed by atoms with Gasteiger partial charge in [-0.15, -0.1) is 0 Å². The number of nitrogen functional groups attached to an aromatic ring is 1. The lowest BCUT2D eigenvalue weighted by Gasteiger charge is -2.13. The van der Waals surface area contributed by atoms with E-state index >= 15 is 0 Å². The third kappa shape index (κ3) is 3.37. The second kappa shape index (κ2) is 5.52. The van der Waals surface area contributed by atoms with E-state index in [9.17, 15) is 17.6 Å². The van der Waals surface area contributed by atoms with Crippen LogP contribution in [0.25, 0.3) is 0 Å². The molecule has 21 heavy (non-hydrogen) atoms. The van der Waals surface area contributed by atoms with Gasteiger partial charge >= 0.3 is 6.18 Å². The largest absolute Gasteiger partial charge is 0.416 e. The average Bonchev–Trinajstić information content (AvgIpc) is 2.42. The number of alkyl halides is 3. The Bertz CT molecular complexity index is 657. The minimum atomic E-state index is -4.49. The van der Waals surface area contributed by atoms with Crippen LogP contribution < -0.4 is 16.6 Å². The van der Waals surface area contributed by atoms with Crippen LogP contribution in [0.3, 0.4) is 0 Å². The van der Waals surface area contributed by atoms with E-state index in [1.165, 1.54) is 6.07 Å². The molecule has 4 N–H and O–H groups in total. The van der Waals surface area contributed by atoms with Gasteiger partial charge in [0.15, 0.2) is 11.6 Å². The molecule has 0 bridgehead atoms. The number of aryl methyl sites for hydroxylation is 1. The molecule has 0 saturated heterocycles. The molecule has 5 nitrogen and oxygen atoms in total. The van der Waals surface area contributed by atoms with Gasteiger partial charge in [0.05, 0.1) is 11.8 Å². The first-order valence-electron chi connectivity index (χ1n) is 5.75. The summed E-state index contributed by atoms with van der Waals surface area (Å²) in [4.78, 5) is 7.24. The van der Waals surface area contributed by atoms with Crippen LogP contribution in [-0.4, -0.2) is 9.97 Å². The van der Waals surface area contributed by atoms with E-state index in [0.29, 0.717) is 5.56 Å². The number of aromatic nitrogens is 2. The van der Waals surface area contributed by atoms with Crippen molar-refractivity contribution in [1.82, 2.24) is 9.97 Å². The highest BCUT2D eigenvalue weighted by Gasteiger charge is 2.30. The molecule has 0 aliphatic rings. The second-order valence-electron chi connectivity index (χ2n) is 4.19. The van der Waals surface area contributed by atoms with Gasteiger partial charge in [0, 0.05) is 5.69 Å². The Kier molecular flexibility index (Phi) is 3.94. The molecular weight excluding hydrogens is 290 g/mol. The summed E-state index contributed by atoms with van der Waals surface area (Å²) in [7, 11) is 0. The zero-order chi connectivity index (χ0) is 15.6. The Labute approximate surface area is 117 Å². The molecule has 0 spiro atoms. The summed E-state index contributed by atoms with van der Waals surface area (Å²) in [5.74, 6) is 3.94. The van der Waals surface area contributed by atoms with Crippen molar-refractivity contribution < 1.29 is 17.6 Å². The molecule has 1 heterocycles. The molecule has 0 radical (unpaired) electrons. The predicted molar refractivity (Wildman–Crippen MR) is 69.3 cm³/mol. The molecular formula is C12H11F4N5. The van der Waals surface area contributed by atoms with Crippen LogP contribution in [0.5, 0.6) is 0 Å². The quantitative estimate of drug-likeness (QED) is 0.461. The van der Waals surface area contributed by atoms with Crippen LogP contribution in [0.15, 0.2) is 24.4 Å². The Hall–Kier alpha value is -2.42. The summed E-state index contributed by atoms with van der Waals surface area (Å²) in [5.41, 5.74) is 1.87. The molecule has 1 aromatic heterocycles. The van der Waals surface area contributed by atoms with Gasteiger partial charge in [0.1, 0.15) is 0 Å². The van der Waals surface area contributed by atoms with Crippen LogP contribution in [-0.2, 0) is 6.18 Å². The van der Waals surface area contributed by atoms with Gasteiger partial charge < -0.3 is 5.32 Å².